The van der Waals surface area contributed by atoms with Gasteiger partial charge >= 0.3 is 0 Å². The van der Waals surface area contributed by atoms with Gasteiger partial charge in [-0.25, -0.2) is 4.39 Å². The van der Waals surface area contributed by atoms with Gasteiger partial charge in [0.05, 0.1) is 6.61 Å². The van der Waals surface area contributed by atoms with E-state index in [4.69, 9.17) is 4.74 Å². The van der Waals surface area contributed by atoms with E-state index in [1.165, 1.54) is 6.07 Å². The quantitative estimate of drug-likeness (QED) is 0.493. The molecule has 64 valence electrons. The van der Waals surface area contributed by atoms with Crippen molar-refractivity contribution in [3.8, 4) is 5.75 Å². The molecular weight excluding hydrogens is 155 g/mol. The molecular formula is C10H11FO. The van der Waals surface area contributed by atoms with Crippen LogP contribution in [0.25, 0.3) is 0 Å². The van der Waals surface area contributed by atoms with Crippen LogP contribution >= 0.6 is 0 Å². The predicted molar refractivity (Wildman–Crippen MR) is 46.7 cm³/mol. The van der Waals surface area contributed by atoms with Gasteiger partial charge in [-0.2, -0.15) is 0 Å². The number of hydrogen-bond donors (Lipinski definition) is 0. The Labute approximate surface area is 71.5 Å². The van der Waals surface area contributed by atoms with Crippen molar-refractivity contribution in [3.05, 3.63) is 42.7 Å². The normalized spacial score (nSPS) is 9.42. The van der Waals surface area contributed by atoms with Gasteiger partial charge in [-0.15, -0.1) is 6.58 Å². The van der Waals surface area contributed by atoms with Crippen LogP contribution in [0.5, 0.6) is 5.75 Å². The van der Waals surface area contributed by atoms with E-state index in [1.54, 1.807) is 24.3 Å². The Morgan fingerprint density at radius 1 is 1.42 bits per heavy atom. The summed E-state index contributed by atoms with van der Waals surface area (Å²) in [6.45, 7) is 4.02. The largest absolute Gasteiger partial charge is 0.490 e. The molecule has 0 fully saturated rings. The standard InChI is InChI=1S/C10H11FO/c1-2-3-8-12-10-7-5-4-6-9(10)11/h2,4-7H,1,3,8H2. The summed E-state index contributed by atoms with van der Waals surface area (Å²) >= 11 is 0. The fourth-order valence-corrected chi connectivity index (χ4v) is 0.814. The van der Waals surface area contributed by atoms with E-state index in [2.05, 4.69) is 6.58 Å². The molecule has 0 radical (unpaired) electrons. The van der Waals surface area contributed by atoms with E-state index in [1.807, 2.05) is 0 Å². The maximum Gasteiger partial charge on any atom is 0.165 e. The molecule has 0 aliphatic heterocycles. The lowest BCUT2D eigenvalue weighted by Gasteiger charge is -2.04. The monoisotopic (exact) mass is 166 g/mol. The van der Waals surface area contributed by atoms with E-state index in [0.29, 0.717) is 12.4 Å². The molecule has 0 bridgehead atoms. The van der Waals surface area contributed by atoms with Crippen molar-refractivity contribution in [3.63, 3.8) is 0 Å². The van der Waals surface area contributed by atoms with Crippen molar-refractivity contribution in [2.75, 3.05) is 6.61 Å². The molecule has 0 unspecified atom stereocenters. The van der Waals surface area contributed by atoms with Crippen LogP contribution in [0.2, 0.25) is 0 Å². The summed E-state index contributed by atoms with van der Waals surface area (Å²) in [5.74, 6) is -0.0130. The molecule has 0 aromatic heterocycles. The summed E-state index contributed by atoms with van der Waals surface area (Å²) in [7, 11) is 0. The third-order valence-corrected chi connectivity index (χ3v) is 1.42. The Balaban J connectivity index is 2.51. The Hall–Kier alpha value is -1.31. The third-order valence-electron chi connectivity index (χ3n) is 1.42. The highest BCUT2D eigenvalue weighted by Gasteiger charge is 1.98. The van der Waals surface area contributed by atoms with Crippen LogP contribution in [0.15, 0.2) is 36.9 Å². The number of para-hydroxylation sites is 1. The van der Waals surface area contributed by atoms with Gasteiger partial charge in [0.25, 0.3) is 0 Å². The summed E-state index contributed by atoms with van der Waals surface area (Å²) in [5, 5.41) is 0. The molecule has 0 aliphatic carbocycles. The Kier molecular flexibility index (Phi) is 3.33. The molecule has 0 aliphatic rings. The minimum Gasteiger partial charge on any atom is -0.490 e. The van der Waals surface area contributed by atoms with Crippen molar-refractivity contribution in [1.29, 1.82) is 0 Å². The van der Waals surface area contributed by atoms with E-state index in [-0.39, 0.29) is 5.82 Å². The molecule has 2 heteroatoms. The van der Waals surface area contributed by atoms with Crippen LogP contribution in [0.4, 0.5) is 4.39 Å². The van der Waals surface area contributed by atoms with Crippen molar-refractivity contribution in [2.24, 2.45) is 0 Å². The van der Waals surface area contributed by atoms with Crippen LogP contribution in [0.1, 0.15) is 6.42 Å². The summed E-state index contributed by atoms with van der Waals surface area (Å²) in [4.78, 5) is 0. The number of hydrogen-bond acceptors (Lipinski definition) is 1. The van der Waals surface area contributed by atoms with Crippen molar-refractivity contribution in [2.45, 2.75) is 6.42 Å². The summed E-state index contributed by atoms with van der Waals surface area (Å²) in [6, 6.07) is 6.36. The lowest BCUT2D eigenvalue weighted by atomic mass is 10.3. The van der Waals surface area contributed by atoms with Gasteiger partial charge in [-0.3, -0.25) is 0 Å². The maximum atomic E-state index is 12.9. The molecule has 0 amide bonds. The zero-order valence-corrected chi connectivity index (χ0v) is 6.79. The lowest BCUT2D eigenvalue weighted by molar-refractivity contribution is 0.308. The molecule has 0 heterocycles. The minimum atomic E-state index is -0.318. The number of ether oxygens (including phenoxy) is 1. The van der Waals surface area contributed by atoms with Crippen molar-refractivity contribution >= 4 is 0 Å². The molecule has 0 atom stereocenters. The van der Waals surface area contributed by atoms with Gasteiger partial charge in [0.15, 0.2) is 11.6 Å². The summed E-state index contributed by atoms with van der Waals surface area (Å²) < 4.78 is 18.0. The van der Waals surface area contributed by atoms with Gasteiger partial charge < -0.3 is 4.74 Å². The first-order valence-electron chi connectivity index (χ1n) is 3.83. The second kappa shape index (κ2) is 4.54. The first-order chi connectivity index (χ1) is 5.84. The highest BCUT2D eigenvalue weighted by atomic mass is 19.1. The van der Waals surface area contributed by atoms with Crippen molar-refractivity contribution < 1.29 is 9.13 Å². The molecule has 1 aromatic rings. The molecule has 1 aromatic carbocycles. The Bertz CT molecular complexity index is 258. The zero-order chi connectivity index (χ0) is 8.81. The molecule has 1 nitrogen and oxygen atoms in total. The third kappa shape index (κ3) is 2.38. The lowest BCUT2D eigenvalue weighted by Crippen LogP contribution is -1.97. The molecule has 0 spiro atoms. The van der Waals surface area contributed by atoms with E-state index in [0.717, 1.165) is 6.42 Å². The van der Waals surface area contributed by atoms with Crippen LogP contribution in [-0.2, 0) is 0 Å². The van der Waals surface area contributed by atoms with Gasteiger partial charge in [0, 0.05) is 0 Å². The van der Waals surface area contributed by atoms with Gasteiger partial charge in [-0.1, -0.05) is 18.2 Å². The molecule has 12 heavy (non-hydrogen) atoms. The maximum absolute atomic E-state index is 12.9. The van der Waals surface area contributed by atoms with E-state index in [9.17, 15) is 4.39 Å². The smallest absolute Gasteiger partial charge is 0.165 e. The zero-order valence-electron chi connectivity index (χ0n) is 6.79. The average molecular weight is 166 g/mol. The SMILES string of the molecule is C=CCCOc1ccccc1F. The topological polar surface area (TPSA) is 9.23 Å². The minimum absolute atomic E-state index is 0.305. The Morgan fingerprint density at radius 3 is 2.83 bits per heavy atom. The van der Waals surface area contributed by atoms with Crippen LogP contribution in [0, 0.1) is 5.82 Å². The number of benzene rings is 1. The molecule has 1 rings (SSSR count). The first-order valence-corrected chi connectivity index (χ1v) is 3.83. The van der Waals surface area contributed by atoms with Crippen LogP contribution < -0.4 is 4.74 Å². The average Bonchev–Trinajstić information content (AvgIpc) is 2.09. The molecule has 0 saturated carbocycles. The second-order valence-corrected chi connectivity index (χ2v) is 2.36. The fourth-order valence-electron chi connectivity index (χ4n) is 0.814. The Morgan fingerprint density at radius 2 is 2.17 bits per heavy atom. The summed E-state index contributed by atoms with van der Waals surface area (Å²) in [5.41, 5.74) is 0. The number of rotatable bonds is 4. The van der Waals surface area contributed by atoms with Crippen LogP contribution in [-0.4, -0.2) is 6.61 Å². The second-order valence-electron chi connectivity index (χ2n) is 2.36. The first kappa shape index (κ1) is 8.78. The molecule has 0 saturated heterocycles. The van der Waals surface area contributed by atoms with Gasteiger partial charge in [0.1, 0.15) is 0 Å². The van der Waals surface area contributed by atoms with E-state index < -0.39 is 0 Å². The van der Waals surface area contributed by atoms with Gasteiger partial charge in [0.2, 0.25) is 0 Å². The highest BCUT2D eigenvalue weighted by molar-refractivity contribution is 5.23. The van der Waals surface area contributed by atoms with Gasteiger partial charge in [-0.05, 0) is 18.6 Å². The molecule has 0 N–H and O–H groups in total. The predicted octanol–water partition coefficient (Wildman–Crippen LogP) is 2.78. The highest BCUT2D eigenvalue weighted by Crippen LogP contribution is 2.15. The summed E-state index contributed by atoms with van der Waals surface area (Å²) in [6.07, 6.45) is 2.47. The number of halogens is 1. The van der Waals surface area contributed by atoms with E-state index >= 15 is 0 Å². The van der Waals surface area contributed by atoms with Crippen molar-refractivity contribution in [1.82, 2.24) is 0 Å². The fraction of sp³-hybridized carbons (Fsp3) is 0.200. The van der Waals surface area contributed by atoms with Crippen LogP contribution in [0.3, 0.4) is 0 Å².